The zero-order chi connectivity index (χ0) is 19.6. The van der Waals surface area contributed by atoms with Crippen LogP contribution in [0.4, 0.5) is 16.4 Å². The quantitative estimate of drug-likeness (QED) is 0.488. The fourth-order valence-electron chi connectivity index (χ4n) is 2.81. The maximum atomic E-state index is 12.2. The molecule has 9 nitrogen and oxygen atoms in total. The number of hydrogen-bond donors (Lipinski definition) is 1. The highest BCUT2D eigenvalue weighted by Gasteiger charge is 2.25. The van der Waals surface area contributed by atoms with E-state index in [1.807, 2.05) is 5.40 Å². The number of fused-ring (bicyclic) bond motifs is 1. The Morgan fingerprint density at radius 2 is 2.33 bits per heavy atom. The van der Waals surface area contributed by atoms with Crippen LogP contribution < -0.4 is 10.2 Å². The number of thioether (sulfide) groups is 1. The van der Waals surface area contributed by atoms with Gasteiger partial charge in [0, 0.05) is 19.2 Å². The lowest BCUT2D eigenvalue weighted by atomic mass is 10.2. The van der Waals surface area contributed by atoms with Crippen LogP contribution in [0.25, 0.3) is 5.65 Å². The van der Waals surface area contributed by atoms with E-state index in [1.165, 1.54) is 4.52 Å². The Morgan fingerprint density at radius 1 is 1.56 bits per heavy atom. The van der Waals surface area contributed by atoms with E-state index in [0.29, 0.717) is 28.7 Å². The standard InChI is InChI=1S/C17H21N7O2S/c1-17(2,3)26-16(25)22-14-7-13(23-6-5-11(9-23)19-4)21-15-12(27-10-18)8-20-24(14)15/h7-8,11H,4-6,9H2,1-3H3,(H,22,25)/t11-/m0/s1. The first-order valence-electron chi connectivity index (χ1n) is 8.46. The molecule has 1 aliphatic heterocycles. The Bertz CT molecular complexity index is 912. The minimum atomic E-state index is -0.622. The van der Waals surface area contributed by atoms with E-state index in [4.69, 9.17) is 10.00 Å². The second kappa shape index (κ2) is 7.44. The summed E-state index contributed by atoms with van der Waals surface area (Å²) in [5.41, 5.74) is -0.122. The van der Waals surface area contributed by atoms with Crippen LogP contribution in [0.1, 0.15) is 27.2 Å². The molecule has 1 saturated heterocycles. The van der Waals surface area contributed by atoms with Gasteiger partial charge in [0.15, 0.2) is 5.65 Å². The van der Waals surface area contributed by atoms with Gasteiger partial charge in [-0.15, -0.1) is 0 Å². The molecule has 0 bridgehead atoms. The largest absolute Gasteiger partial charge is 0.444 e. The molecule has 1 amide bonds. The monoisotopic (exact) mass is 387 g/mol. The molecule has 1 N–H and O–H groups in total. The van der Waals surface area contributed by atoms with Crippen molar-refractivity contribution in [1.29, 1.82) is 5.26 Å². The molecule has 0 unspecified atom stereocenters. The highest BCUT2D eigenvalue weighted by molar-refractivity contribution is 8.03. The molecule has 2 aromatic rings. The van der Waals surface area contributed by atoms with Crippen LogP contribution in [0.3, 0.4) is 0 Å². The number of amides is 1. The van der Waals surface area contributed by atoms with E-state index in [1.54, 1.807) is 33.0 Å². The second-order valence-electron chi connectivity index (χ2n) is 7.14. The molecule has 0 aliphatic carbocycles. The fourth-order valence-corrected chi connectivity index (χ4v) is 3.23. The number of hydrogen-bond acceptors (Lipinski definition) is 8. The highest BCUT2D eigenvalue weighted by atomic mass is 32.2. The number of carbonyl (C=O) groups is 1. The summed E-state index contributed by atoms with van der Waals surface area (Å²) in [7, 11) is 0. The summed E-state index contributed by atoms with van der Waals surface area (Å²) < 4.78 is 6.83. The molecule has 27 heavy (non-hydrogen) atoms. The van der Waals surface area contributed by atoms with Crippen LogP contribution in [0, 0.1) is 10.7 Å². The Balaban J connectivity index is 1.99. The van der Waals surface area contributed by atoms with Gasteiger partial charge >= 0.3 is 6.09 Å². The Kier molecular flexibility index (Phi) is 5.23. The molecule has 1 aliphatic rings. The third-order valence-corrected chi connectivity index (χ3v) is 4.56. The fraction of sp³-hybridized carbons (Fsp3) is 0.471. The summed E-state index contributed by atoms with van der Waals surface area (Å²) in [4.78, 5) is 23.7. The van der Waals surface area contributed by atoms with Gasteiger partial charge in [0.25, 0.3) is 0 Å². The van der Waals surface area contributed by atoms with Crippen molar-refractivity contribution in [2.45, 2.75) is 43.7 Å². The molecule has 3 heterocycles. The Morgan fingerprint density at radius 3 is 2.96 bits per heavy atom. The van der Waals surface area contributed by atoms with Gasteiger partial charge in [0.05, 0.1) is 17.1 Å². The maximum absolute atomic E-state index is 12.2. The zero-order valence-electron chi connectivity index (χ0n) is 15.5. The van der Waals surface area contributed by atoms with Gasteiger partial charge in [-0.1, -0.05) is 0 Å². The number of ether oxygens (including phenoxy) is 1. The number of anilines is 2. The topological polar surface area (TPSA) is 108 Å². The van der Waals surface area contributed by atoms with Gasteiger partial charge in [0.1, 0.15) is 22.6 Å². The zero-order valence-corrected chi connectivity index (χ0v) is 16.3. The predicted octanol–water partition coefficient (Wildman–Crippen LogP) is 2.93. The molecule has 0 aromatic carbocycles. The molecule has 0 radical (unpaired) electrons. The van der Waals surface area contributed by atoms with Crippen LogP contribution in [0.15, 0.2) is 22.2 Å². The first-order chi connectivity index (χ1) is 12.8. The number of nitrogens with zero attached hydrogens (tertiary/aromatic N) is 6. The molecule has 142 valence electrons. The van der Waals surface area contributed by atoms with Crippen molar-refractivity contribution in [3.8, 4) is 5.40 Å². The summed E-state index contributed by atoms with van der Waals surface area (Å²) in [5.74, 6) is 1.10. The third kappa shape index (κ3) is 4.31. The minimum absolute atomic E-state index is 0.156. The molecule has 3 rings (SSSR count). The van der Waals surface area contributed by atoms with Crippen molar-refractivity contribution in [1.82, 2.24) is 14.6 Å². The van der Waals surface area contributed by atoms with Crippen molar-refractivity contribution in [3.63, 3.8) is 0 Å². The molecular weight excluding hydrogens is 366 g/mol. The maximum Gasteiger partial charge on any atom is 0.413 e. The third-order valence-electron chi connectivity index (χ3n) is 3.96. The molecular formula is C17H21N7O2S. The average molecular weight is 387 g/mol. The lowest BCUT2D eigenvalue weighted by Crippen LogP contribution is -2.28. The Labute approximate surface area is 161 Å². The summed E-state index contributed by atoms with van der Waals surface area (Å²) >= 11 is 0.974. The van der Waals surface area contributed by atoms with Gasteiger partial charge in [-0.3, -0.25) is 10.3 Å². The molecule has 10 heteroatoms. The summed E-state index contributed by atoms with van der Waals surface area (Å²) in [6, 6.07) is 1.90. The number of aliphatic imine (C=N–C) groups is 1. The van der Waals surface area contributed by atoms with Crippen LogP contribution in [-0.4, -0.2) is 52.1 Å². The van der Waals surface area contributed by atoms with E-state index in [2.05, 4.69) is 32.0 Å². The van der Waals surface area contributed by atoms with Gasteiger partial charge in [-0.25, -0.2) is 9.78 Å². The van der Waals surface area contributed by atoms with Crippen LogP contribution >= 0.6 is 11.8 Å². The predicted molar refractivity (Wildman–Crippen MR) is 104 cm³/mol. The summed E-state index contributed by atoms with van der Waals surface area (Å²) in [6.07, 6.45) is 1.86. The van der Waals surface area contributed by atoms with E-state index in [0.717, 1.165) is 24.7 Å². The number of nitriles is 1. The van der Waals surface area contributed by atoms with Gasteiger partial charge in [-0.05, 0) is 45.7 Å². The number of thiocyanates is 1. The molecule has 1 fully saturated rings. The van der Waals surface area contributed by atoms with Crippen molar-refractivity contribution in [3.05, 3.63) is 12.3 Å². The van der Waals surface area contributed by atoms with Crippen LogP contribution in [-0.2, 0) is 4.74 Å². The minimum Gasteiger partial charge on any atom is -0.444 e. The van der Waals surface area contributed by atoms with Crippen molar-refractivity contribution >= 4 is 41.9 Å². The number of carbonyl (C=O) groups excluding carboxylic acids is 1. The van der Waals surface area contributed by atoms with Gasteiger partial charge in [-0.2, -0.15) is 14.9 Å². The molecule has 0 saturated carbocycles. The number of rotatable bonds is 4. The van der Waals surface area contributed by atoms with Crippen LogP contribution in [0.5, 0.6) is 0 Å². The van der Waals surface area contributed by atoms with E-state index in [-0.39, 0.29) is 6.04 Å². The van der Waals surface area contributed by atoms with Crippen molar-refractivity contribution < 1.29 is 9.53 Å². The van der Waals surface area contributed by atoms with Crippen molar-refractivity contribution in [2.24, 2.45) is 4.99 Å². The van der Waals surface area contributed by atoms with Crippen molar-refractivity contribution in [2.75, 3.05) is 23.3 Å². The molecule has 1 atom stereocenters. The lowest BCUT2D eigenvalue weighted by Gasteiger charge is -2.21. The molecule has 2 aromatic heterocycles. The van der Waals surface area contributed by atoms with E-state index < -0.39 is 11.7 Å². The summed E-state index contributed by atoms with van der Waals surface area (Å²) in [5, 5.41) is 18.0. The van der Waals surface area contributed by atoms with E-state index >= 15 is 0 Å². The molecule has 0 spiro atoms. The van der Waals surface area contributed by atoms with Crippen LogP contribution in [0.2, 0.25) is 0 Å². The Hall–Kier alpha value is -2.80. The smallest absolute Gasteiger partial charge is 0.413 e. The lowest BCUT2D eigenvalue weighted by molar-refractivity contribution is 0.0635. The first-order valence-corrected chi connectivity index (χ1v) is 9.28. The first kappa shape index (κ1) is 19.0. The summed E-state index contributed by atoms with van der Waals surface area (Å²) in [6.45, 7) is 10.5. The average Bonchev–Trinajstić information content (AvgIpc) is 3.20. The van der Waals surface area contributed by atoms with E-state index in [9.17, 15) is 4.79 Å². The number of aromatic nitrogens is 3. The highest BCUT2D eigenvalue weighted by Crippen LogP contribution is 2.29. The second-order valence-corrected chi connectivity index (χ2v) is 7.96. The number of nitrogens with one attached hydrogen (secondary N) is 1. The normalized spacial score (nSPS) is 17.0. The van der Waals surface area contributed by atoms with Gasteiger partial charge < -0.3 is 9.64 Å². The van der Waals surface area contributed by atoms with Gasteiger partial charge in [0.2, 0.25) is 0 Å². The SMILES string of the molecule is C=N[C@H]1CCN(c2cc(NC(=O)OC(C)(C)C)n3ncc(SC#N)c3n2)C1.